The summed E-state index contributed by atoms with van der Waals surface area (Å²) in [5.74, 6) is 0. The van der Waals surface area contributed by atoms with Gasteiger partial charge < -0.3 is 5.32 Å². The molecule has 0 spiro atoms. The minimum atomic E-state index is 0. The van der Waals surface area contributed by atoms with Crippen molar-refractivity contribution < 1.29 is 0 Å². The van der Waals surface area contributed by atoms with Crippen molar-refractivity contribution in [2.24, 2.45) is 0 Å². The average molecular weight is 339 g/mol. The molecule has 1 N–H and O–H groups in total. The largest absolute Gasteiger partial charge is 0.313 e. The number of alkyl halides is 1. The Morgan fingerprint density at radius 1 is 1.62 bits per heavy atom. The molecule has 1 aliphatic heterocycles. The summed E-state index contributed by atoms with van der Waals surface area (Å²) < 4.78 is 1.28. The molecule has 0 aromatic rings. The molecule has 0 aliphatic carbocycles. The van der Waals surface area contributed by atoms with Gasteiger partial charge in [-0.2, -0.15) is 0 Å². The van der Waals surface area contributed by atoms with Gasteiger partial charge in [0, 0.05) is 10.5 Å². The standard InChI is InChI=1S/C5H10IN.HI/c6-4-5-2-1-3-7-5;/h5,7H,1-4H2;1H/t5-;/m0./s1. The topological polar surface area (TPSA) is 12.0 Å². The van der Waals surface area contributed by atoms with Gasteiger partial charge in [0.05, 0.1) is 0 Å². The first-order valence-electron chi connectivity index (χ1n) is 2.73. The highest BCUT2D eigenvalue weighted by atomic mass is 127. The van der Waals surface area contributed by atoms with Crippen LogP contribution in [0.15, 0.2) is 0 Å². The monoisotopic (exact) mass is 339 g/mol. The van der Waals surface area contributed by atoms with Crippen LogP contribution in [-0.2, 0) is 0 Å². The first kappa shape index (κ1) is 9.42. The van der Waals surface area contributed by atoms with Crippen molar-refractivity contribution in [3.63, 3.8) is 0 Å². The molecule has 0 aromatic carbocycles. The molecule has 50 valence electrons. The Hall–Kier alpha value is 1.42. The third kappa shape index (κ3) is 2.82. The Bertz CT molecular complexity index is 52.4. The second kappa shape index (κ2) is 5.22. The lowest BCUT2D eigenvalue weighted by molar-refractivity contribution is 0.682. The predicted molar refractivity (Wildman–Crippen MR) is 55.3 cm³/mol. The fraction of sp³-hybridized carbons (Fsp3) is 1.00. The van der Waals surface area contributed by atoms with Crippen LogP contribution in [0.1, 0.15) is 12.8 Å². The van der Waals surface area contributed by atoms with Crippen LogP contribution in [0, 0.1) is 0 Å². The van der Waals surface area contributed by atoms with Gasteiger partial charge in [-0.25, -0.2) is 0 Å². The SMILES string of the molecule is I.IC[C@@H]1CCCN1. The second-order valence-electron chi connectivity index (χ2n) is 1.95. The van der Waals surface area contributed by atoms with Crippen LogP contribution in [0.2, 0.25) is 0 Å². The van der Waals surface area contributed by atoms with E-state index in [2.05, 4.69) is 27.9 Å². The molecule has 1 heterocycles. The predicted octanol–water partition coefficient (Wildman–Crippen LogP) is 1.79. The highest BCUT2D eigenvalue weighted by Gasteiger charge is 2.10. The number of nitrogens with one attached hydrogen (secondary N) is 1. The van der Waals surface area contributed by atoms with Crippen LogP contribution in [0.25, 0.3) is 0 Å². The summed E-state index contributed by atoms with van der Waals surface area (Å²) in [4.78, 5) is 0. The summed E-state index contributed by atoms with van der Waals surface area (Å²) in [6.45, 7) is 1.24. The zero-order valence-corrected chi connectivity index (χ0v) is 9.18. The van der Waals surface area contributed by atoms with E-state index in [4.69, 9.17) is 0 Å². The summed E-state index contributed by atoms with van der Waals surface area (Å²) >= 11 is 2.43. The lowest BCUT2D eigenvalue weighted by Gasteiger charge is -2.01. The minimum Gasteiger partial charge on any atom is -0.313 e. The molecule has 1 aliphatic rings. The first-order valence-corrected chi connectivity index (χ1v) is 4.25. The Labute approximate surface area is 81.1 Å². The van der Waals surface area contributed by atoms with Gasteiger partial charge in [0.2, 0.25) is 0 Å². The van der Waals surface area contributed by atoms with Crippen molar-refractivity contribution >= 4 is 46.6 Å². The summed E-state index contributed by atoms with van der Waals surface area (Å²) in [5, 5.41) is 3.40. The van der Waals surface area contributed by atoms with E-state index in [1.54, 1.807) is 0 Å². The zero-order valence-electron chi connectivity index (χ0n) is 4.69. The molecule has 0 bridgehead atoms. The lowest BCUT2D eigenvalue weighted by atomic mass is 10.3. The Balaban J connectivity index is 0.000000490. The average Bonchev–Trinajstić information content (AvgIpc) is 2.14. The van der Waals surface area contributed by atoms with Crippen LogP contribution in [-0.4, -0.2) is 17.0 Å². The number of hydrogen-bond acceptors (Lipinski definition) is 1. The second-order valence-corrected chi connectivity index (χ2v) is 2.83. The maximum absolute atomic E-state index is 3.40. The summed E-state index contributed by atoms with van der Waals surface area (Å²) in [7, 11) is 0. The Kier molecular flexibility index (Phi) is 6.15. The molecule has 1 nitrogen and oxygen atoms in total. The van der Waals surface area contributed by atoms with Crippen molar-refractivity contribution in [2.75, 3.05) is 11.0 Å². The molecule has 0 saturated carbocycles. The molecule has 1 atom stereocenters. The van der Waals surface area contributed by atoms with E-state index in [0.717, 1.165) is 6.04 Å². The van der Waals surface area contributed by atoms with E-state index < -0.39 is 0 Å². The van der Waals surface area contributed by atoms with E-state index in [1.807, 2.05) is 0 Å². The van der Waals surface area contributed by atoms with Gasteiger partial charge in [0.25, 0.3) is 0 Å². The third-order valence-corrected chi connectivity index (χ3v) is 2.41. The smallest absolute Gasteiger partial charge is 0.0157 e. The molecule has 0 radical (unpaired) electrons. The zero-order chi connectivity index (χ0) is 5.11. The van der Waals surface area contributed by atoms with Crippen LogP contribution < -0.4 is 5.32 Å². The van der Waals surface area contributed by atoms with Crippen molar-refractivity contribution in [1.82, 2.24) is 5.32 Å². The quantitative estimate of drug-likeness (QED) is 0.568. The summed E-state index contributed by atoms with van der Waals surface area (Å²) in [5.41, 5.74) is 0. The molecule has 8 heavy (non-hydrogen) atoms. The van der Waals surface area contributed by atoms with Gasteiger partial charge in [-0.1, -0.05) is 22.6 Å². The number of hydrogen-bond donors (Lipinski definition) is 1. The molecule has 0 amide bonds. The molecule has 1 saturated heterocycles. The maximum atomic E-state index is 3.40. The lowest BCUT2D eigenvalue weighted by Crippen LogP contribution is -2.21. The Morgan fingerprint density at radius 3 is 2.62 bits per heavy atom. The van der Waals surface area contributed by atoms with Crippen molar-refractivity contribution in [3.8, 4) is 0 Å². The van der Waals surface area contributed by atoms with Gasteiger partial charge in [-0.3, -0.25) is 0 Å². The number of halogens is 2. The minimum absolute atomic E-state index is 0. The van der Waals surface area contributed by atoms with Crippen LogP contribution in [0.3, 0.4) is 0 Å². The molecule has 1 fully saturated rings. The molecular formula is C5H11I2N. The Morgan fingerprint density at radius 2 is 2.38 bits per heavy atom. The van der Waals surface area contributed by atoms with E-state index in [1.165, 1.54) is 23.8 Å². The highest BCUT2D eigenvalue weighted by molar-refractivity contribution is 14.1. The summed E-state index contributed by atoms with van der Waals surface area (Å²) in [6, 6.07) is 0.834. The van der Waals surface area contributed by atoms with Gasteiger partial charge in [-0.05, 0) is 19.4 Å². The molecule has 0 unspecified atom stereocenters. The molecule has 3 heteroatoms. The fourth-order valence-corrected chi connectivity index (χ4v) is 1.64. The van der Waals surface area contributed by atoms with Crippen molar-refractivity contribution in [2.45, 2.75) is 18.9 Å². The maximum Gasteiger partial charge on any atom is 0.0157 e. The van der Waals surface area contributed by atoms with Gasteiger partial charge in [0.15, 0.2) is 0 Å². The van der Waals surface area contributed by atoms with E-state index >= 15 is 0 Å². The van der Waals surface area contributed by atoms with Crippen LogP contribution in [0.4, 0.5) is 0 Å². The van der Waals surface area contributed by atoms with Crippen LogP contribution >= 0.6 is 46.6 Å². The van der Waals surface area contributed by atoms with E-state index in [-0.39, 0.29) is 24.0 Å². The summed E-state index contributed by atoms with van der Waals surface area (Å²) in [6.07, 6.45) is 2.77. The van der Waals surface area contributed by atoms with E-state index in [9.17, 15) is 0 Å². The van der Waals surface area contributed by atoms with Gasteiger partial charge in [0.1, 0.15) is 0 Å². The third-order valence-electron chi connectivity index (χ3n) is 1.35. The fourth-order valence-electron chi connectivity index (χ4n) is 0.888. The first-order chi connectivity index (χ1) is 3.43. The van der Waals surface area contributed by atoms with Crippen LogP contribution in [0.5, 0.6) is 0 Å². The van der Waals surface area contributed by atoms with Crippen molar-refractivity contribution in [3.05, 3.63) is 0 Å². The van der Waals surface area contributed by atoms with Crippen molar-refractivity contribution in [1.29, 1.82) is 0 Å². The van der Waals surface area contributed by atoms with E-state index in [0.29, 0.717) is 0 Å². The highest BCUT2D eigenvalue weighted by Crippen LogP contribution is 2.06. The number of rotatable bonds is 1. The normalized spacial score (nSPS) is 27.4. The molecular weight excluding hydrogens is 328 g/mol. The molecule has 1 rings (SSSR count). The molecule has 0 aromatic heterocycles. The van der Waals surface area contributed by atoms with Gasteiger partial charge >= 0.3 is 0 Å². The van der Waals surface area contributed by atoms with Gasteiger partial charge in [-0.15, -0.1) is 24.0 Å².